The molecule has 1 unspecified atom stereocenters. The summed E-state index contributed by atoms with van der Waals surface area (Å²) >= 11 is 3.31. The SMILES string of the molecule is NC1(Cc2cc(F)cc(Br)c2)COc2ccccc2C1. The Labute approximate surface area is 125 Å². The average Bonchev–Trinajstić information content (AvgIpc) is 2.36. The van der Waals surface area contributed by atoms with Crippen LogP contribution in [0.1, 0.15) is 11.1 Å². The Kier molecular flexibility index (Phi) is 3.52. The van der Waals surface area contributed by atoms with E-state index in [0.29, 0.717) is 13.0 Å². The second-order valence-corrected chi connectivity index (χ2v) is 6.31. The number of rotatable bonds is 2. The van der Waals surface area contributed by atoms with E-state index in [1.54, 1.807) is 0 Å². The van der Waals surface area contributed by atoms with Crippen LogP contribution in [0.25, 0.3) is 0 Å². The molecule has 1 aliphatic rings. The third-order valence-corrected chi connectivity index (χ3v) is 3.97. The van der Waals surface area contributed by atoms with Crippen LogP contribution in [0.4, 0.5) is 4.39 Å². The lowest BCUT2D eigenvalue weighted by atomic mass is 9.84. The van der Waals surface area contributed by atoms with E-state index >= 15 is 0 Å². The highest BCUT2D eigenvalue weighted by molar-refractivity contribution is 9.10. The Morgan fingerprint density at radius 1 is 1.25 bits per heavy atom. The summed E-state index contributed by atoms with van der Waals surface area (Å²) in [6, 6.07) is 12.8. The topological polar surface area (TPSA) is 35.2 Å². The molecule has 2 N–H and O–H groups in total. The number of benzene rings is 2. The van der Waals surface area contributed by atoms with Gasteiger partial charge in [0.1, 0.15) is 18.2 Å². The molecule has 0 fully saturated rings. The highest BCUT2D eigenvalue weighted by Gasteiger charge is 2.32. The molecule has 0 saturated carbocycles. The van der Waals surface area contributed by atoms with Crippen molar-refractivity contribution >= 4 is 15.9 Å². The van der Waals surface area contributed by atoms with E-state index < -0.39 is 5.54 Å². The Bertz CT molecular complexity index is 626. The van der Waals surface area contributed by atoms with Gasteiger partial charge in [-0.1, -0.05) is 34.1 Å². The van der Waals surface area contributed by atoms with Crippen molar-refractivity contribution < 1.29 is 9.13 Å². The zero-order chi connectivity index (χ0) is 14.2. The molecule has 2 nitrogen and oxygen atoms in total. The van der Waals surface area contributed by atoms with Crippen molar-refractivity contribution in [3.8, 4) is 5.75 Å². The molecule has 0 aliphatic carbocycles. The van der Waals surface area contributed by atoms with Gasteiger partial charge in [-0.05, 0) is 48.2 Å². The molecule has 0 radical (unpaired) electrons. The predicted octanol–water partition coefficient (Wildman–Crippen LogP) is 3.46. The number of ether oxygens (including phenoxy) is 1. The number of fused-ring (bicyclic) bond motifs is 1. The van der Waals surface area contributed by atoms with Crippen LogP contribution in [0.15, 0.2) is 46.9 Å². The van der Waals surface area contributed by atoms with E-state index in [0.717, 1.165) is 27.8 Å². The van der Waals surface area contributed by atoms with Crippen LogP contribution < -0.4 is 10.5 Å². The van der Waals surface area contributed by atoms with Gasteiger partial charge in [0, 0.05) is 4.47 Å². The van der Waals surface area contributed by atoms with Crippen LogP contribution in [0, 0.1) is 5.82 Å². The normalized spacial score (nSPS) is 21.1. The summed E-state index contributed by atoms with van der Waals surface area (Å²) in [5.41, 5.74) is 7.93. The van der Waals surface area contributed by atoms with Gasteiger partial charge in [0.15, 0.2) is 0 Å². The lowest BCUT2D eigenvalue weighted by Crippen LogP contribution is -2.51. The molecular formula is C16H15BrFNO. The molecule has 0 bridgehead atoms. The molecule has 1 aliphatic heterocycles. The number of para-hydroxylation sites is 1. The van der Waals surface area contributed by atoms with Gasteiger partial charge >= 0.3 is 0 Å². The minimum absolute atomic E-state index is 0.255. The van der Waals surface area contributed by atoms with Crippen molar-refractivity contribution in [1.29, 1.82) is 0 Å². The summed E-state index contributed by atoms with van der Waals surface area (Å²) in [7, 11) is 0. The van der Waals surface area contributed by atoms with E-state index in [1.165, 1.54) is 12.1 Å². The molecule has 4 heteroatoms. The molecular weight excluding hydrogens is 321 g/mol. The molecule has 0 amide bonds. The van der Waals surface area contributed by atoms with Crippen LogP contribution in [0.3, 0.4) is 0 Å². The monoisotopic (exact) mass is 335 g/mol. The van der Waals surface area contributed by atoms with Gasteiger partial charge in [0.25, 0.3) is 0 Å². The molecule has 20 heavy (non-hydrogen) atoms. The summed E-state index contributed by atoms with van der Waals surface area (Å²) in [5.74, 6) is 0.643. The number of nitrogens with two attached hydrogens (primary N) is 1. The summed E-state index contributed by atoms with van der Waals surface area (Å²) in [4.78, 5) is 0. The smallest absolute Gasteiger partial charge is 0.124 e. The molecule has 0 spiro atoms. The molecule has 1 atom stereocenters. The molecule has 2 aromatic rings. The van der Waals surface area contributed by atoms with E-state index in [9.17, 15) is 4.39 Å². The molecule has 3 rings (SSSR count). The molecule has 104 valence electrons. The van der Waals surface area contributed by atoms with E-state index in [2.05, 4.69) is 15.9 Å². The summed E-state index contributed by atoms with van der Waals surface area (Å²) in [6.07, 6.45) is 1.31. The van der Waals surface area contributed by atoms with Crippen LogP contribution in [0.5, 0.6) is 5.75 Å². The minimum Gasteiger partial charge on any atom is -0.491 e. The summed E-state index contributed by atoms with van der Waals surface area (Å²) < 4.78 is 19.9. The third-order valence-electron chi connectivity index (χ3n) is 3.51. The Morgan fingerprint density at radius 3 is 2.85 bits per heavy atom. The lowest BCUT2D eigenvalue weighted by molar-refractivity contribution is 0.190. The maximum Gasteiger partial charge on any atom is 0.124 e. The van der Waals surface area contributed by atoms with Crippen molar-refractivity contribution in [3.05, 3.63) is 63.9 Å². The van der Waals surface area contributed by atoms with E-state index in [1.807, 2.05) is 30.3 Å². The standard InChI is InChI=1S/C16H15BrFNO/c17-13-5-11(6-14(18)7-13)8-16(19)9-12-3-1-2-4-15(12)20-10-16/h1-7H,8-10,19H2. The first-order chi connectivity index (χ1) is 9.54. The van der Waals surface area contributed by atoms with Crippen LogP contribution in [-0.4, -0.2) is 12.1 Å². The summed E-state index contributed by atoms with van der Waals surface area (Å²) in [6.45, 7) is 0.443. The molecule has 0 saturated heterocycles. The van der Waals surface area contributed by atoms with Crippen molar-refractivity contribution in [2.24, 2.45) is 5.73 Å². The third kappa shape index (κ3) is 2.86. The van der Waals surface area contributed by atoms with Crippen molar-refractivity contribution in [2.75, 3.05) is 6.61 Å². The van der Waals surface area contributed by atoms with Crippen LogP contribution >= 0.6 is 15.9 Å². The maximum absolute atomic E-state index is 13.4. The average molecular weight is 336 g/mol. The Balaban J connectivity index is 1.84. The van der Waals surface area contributed by atoms with Crippen molar-refractivity contribution in [2.45, 2.75) is 18.4 Å². The fraction of sp³-hybridized carbons (Fsp3) is 0.250. The van der Waals surface area contributed by atoms with Crippen LogP contribution in [0.2, 0.25) is 0 Å². The zero-order valence-corrected chi connectivity index (χ0v) is 12.5. The van der Waals surface area contributed by atoms with Gasteiger partial charge in [-0.15, -0.1) is 0 Å². The van der Waals surface area contributed by atoms with E-state index in [4.69, 9.17) is 10.5 Å². The highest BCUT2D eigenvalue weighted by Crippen LogP contribution is 2.30. The van der Waals surface area contributed by atoms with Crippen molar-refractivity contribution in [1.82, 2.24) is 0 Å². The van der Waals surface area contributed by atoms with Gasteiger partial charge in [-0.2, -0.15) is 0 Å². The zero-order valence-electron chi connectivity index (χ0n) is 10.9. The van der Waals surface area contributed by atoms with Gasteiger partial charge in [-0.3, -0.25) is 0 Å². The quantitative estimate of drug-likeness (QED) is 0.912. The molecule has 1 heterocycles. The fourth-order valence-electron chi connectivity index (χ4n) is 2.68. The lowest BCUT2D eigenvalue weighted by Gasteiger charge is -2.34. The van der Waals surface area contributed by atoms with Crippen LogP contribution in [-0.2, 0) is 12.8 Å². The number of halogens is 2. The number of hydrogen-bond acceptors (Lipinski definition) is 2. The van der Waals surface area contributed by atoms with Crippen molar-refractivity contribution in [3.63, 3.8) is 0 Å². The predicted molar refractivity (Wildman–Crippen MR) is 80.4 cm³/mol. The summed E-state index contributed by atoms with van der Waals surface area (Å²) in [5, 5.41) is 0. The maximum atomic E-state index is 13.4. The van der Waals surface area contributed by atoms with Gasteiger partial charge < -0.3 is 10.5 Å². The fourth-order valence-corrected chi connectivity index (χ4v) is 3.19. The first kappa shape index (κ1) is 13.6. The largest absolute Gasteiger partial charge is 0.491 e. The molecule has 2 aromatic carbocycles. The first-order valence-corrected chi connectivity index (χ1v) is 7.28. The highest BCUT2D eigenvalue weighted by atomic mass is 79.9. The number of hydrogen-bond donors (Lipinski definition) is 1. The Hall–Kier alpha value is -1.39. The van der Waals surface area contributed by atoms with Gasteiger partial charge in [0.05, 0.1) is 5.54 Å². The first-order valence-electron chi connectivity index (χ1n) is 6.49. The second-order valence-electron chi connectivity index (χ2n) is 5.39. The Morgan fingerprint density at radius 2 is 2.05 bits per heavy atom. The minimum atomic E-state index is -0.498. The van der Waals surface area contributed by atoms with E-state index in [-0.39, 0.29) is 5.82 Å². The van der Waals surface area contributed by atoms with Gasteiger partial charge in [0.2, 0.25) is 0 Å². The molecule has 0 aromatic heterocycles. The second kappa shape index (κ2) is 5.19. The van der Waals surface area contributed by atoms with Gasteiger partial charge in [-0.25, -0.2) is 4.39 Å².